The van der Waals surface area contributed by atoms with Crippen LogP contribution in [0.5, 0.6) is 0 Å². The maximum absolute atomic E-state index is 2.45. The number of rotatable bonds is 10. The van der Waals surface area contributed by atoms with Gasteiger partial charge in [0.1, 0.15) is 0 Å². The van der Waals surface area contributed by atoms with Gasteiger partial charge in [0, 0.05) is 0 Å². The number of hydrogen-bond acceptors (Lipinski definition) is 0. The number of hydrogen-bond donors (Lipinski definition) is 0. The molecule has 0 aromatic heterocycles. The molecule has 0 saturated heterocycles. The van der Waals surface area contributed by atoms with Crippen molar-refractivity contribution in [2.45, 2.75) is 93.9 Å². The molecule has 0 amide bonds. The lowest BCUT2D eigenvalue weighted by Crippen LogP contribution is -1.98. The lowest BCUT2D eigenvalue weighted by atomic mass is 9.93. The summed E-state index contributed by atoms with van der Waals surface area (Å²) in [7, 11) is 0. The van der Waals surface area contributed by atoms with Crippen LogP contribution in [0.25, 0.3) is 0 Å². The van der Waals surface area contributed by atoms with Crippen molar-refractivity contribution < 1.29 is 0 Å². The third kappa shape index (κ3) is 11.2. The Hall–Kier alpha value is -1.04. The highest BCUT2D eigenvalue weighted by atomic mass is 14.1. The Bertz CT molecular complexity index is 450. The Morgan fingerprint density at radius 3 is 1.83 bits per heavy atom. The molecule has 1 unspecified atom stereocenters. The average molecular weight is 317 g/mol. The van der Waals surface area contributed by atoms with Crippen LogP contribution in [0.2, 0.25) is 0 Å². The van der Waals surface area contributed by atoms with Crippen molar-refractivity contribution in [3.8, 4) is 0 Å². The monoisotopic (exact) mass is 316 g/mol. The minimum atomic E-state index is 0.672. The molecule has 0 nitrogen and oxygen atoms in total. The Morgan fingerprint density at radius 1 is 0.783 bits per heavy atom. The van der Waals surface area contributed by atoms with Crippen LogP contribution >= 0.6 is 0 Å². The normalized spacial score (nSPS) is 15.3. The van der Waals surface area contributed by atoms with Crippen molar-refractivity contribution in [1.82, 2.24) is 0 Å². The first-order chi connectivity index (χ1) is 10.8. The molecule has 0 rings (SSSR count). The van der Waals surface area contributed by atoms with Gasteiger partial charge in [0.25, 0.3) is 0 Å². The molecule has 0 heteroatoms. The van der Waals surface area contributed by atoms with E-state index in [-0.39, 0.29) is 0 Å². The van der Waals surface area contributed by atoms with Crippen molar-refractivity contribution in [3.05, 3.63) is 46.1 Å². The molecule has 0 aliphatic carbocycles. The summed E-state index contributed by atoms with van der Waals surface area (Å²) in [6, 6.07) is 0. The van der Waals surface area contributed by atoms with Crippen LogP contribution in [0.4, 0.5) is 0 Å². The first-order valence-corrected chi connectivity index (χ1v) is 9.38. The lowest BCUT2D eigenvalue weighted by molar-refractivity contribution is 0.676. The molecule has 0 spiro atoms. The van der Waals surface area contributed by atoms with Crippen molar-refractivity contribution in [2.75, 3.05) is 0 Å². The fourth-order valence-electron chi connectivity index (χ4n) is 2.59. The van der Waals surface area contributed by atoms with Gasteiger partial charge in [-0.2, -0.15) is 0 Å². The average Bonchev–Trinajstić information content (AvgIpc) is 2.50. The van der Waals surface area contributed by atoms with E-state index < -0.39 is 0 Å². The standard InChI is InChI=1S/C23H40/c1-9-21(6)23(8)22(7)17-16-20(5)15-11-14-19(4)13-10-12-18(2)3/h12,14,16,22H,9-11,13,15,17H2,1-8H3. The Labute approximate surface area is 146 Å². The second kappa shape index (κ2) is 12.4. The predicted molar refractivity (Wildman–Crippen MR) is 108 cm³/mol. The highest BCUT2D eigenvalue weighted by Crippen LogP contribution is 2.21. The van der Waals surface area contributed by atoms with Crippen LogP contribution in [0, 0.1) is 5.92 Å². The summed E-state index contributed by atoms with van der Waals surface area (Å²) < 4.78 is 0. The third-order valence-electron chi connectivity index (χ3n) is 4.89. The lowest BCUT2D eigenvalue weighted by Gasteiger charge is -2.13. The van der Waals surface area contributed by atoms with Crippen molar-refractivity contribution in [3.63, 3.8) is 0 Å². The zero-order valence-electron chi connectivity index (χ0n) is 17.1. The fourth-order valence-corrected chi connectivity index (χ4v) is 2.59. The van der Waals surface area contributed by atoms with Crippen LogP contribution in [0.3, 0.4) is 0 Å². The van der Waals surface area contributed by atoms with E-state index in [1.807, 2.05) is 0 Å². The first kappa shape index (κ1) is 22.0. The summed E-state index contributed by atoms with van der Waals surface area (Å²) in [4.78, 5) is 0. The van der Waals surface area contributed by atoms with E-state index in [4.69, 9.17) is 0 Å². The zero-order chi connectivity index (χ0) is 17.8. The minimum Gasteiger partial charge on any atom is -0.0856 e. The van der Waals surface area contributed by atoms with Gasteiger partial charge in [-0.15, -0.1) is 0 Å². The van der Waals surface area contributed by atoms with Gasteiger partial charge in [0.2, 0.25) is 0 Å². The first-order valence-electron chi connectivity index (χ1n) is 9.38. The van der Waals surface area contributed by atoms with Crippen LogP contribution in [0.15, 0.2) is 46.1 Å². The topological polar surface area (TPSA) is 0 Å². The van der Waals surface area contributed by atoms with Crippen molar-refractivity contribution >= 4 is 0 Å². The van der Waals surface area contributed by atoms with Gasteiger partial charge in [-0.05, 0) is 86.0 Å². The fraction of sp³-hybridized carbons (Fsp3) is 0.652. The molecule has 0 heterocycles. The molecule has 0 saturated carbocycles. The Balaban J connectivity index is 4.24. The van der Waals surface area contributed by atoms with Gasteiger partial charge in [-0.1, -0.05) is 59.9 Å². The molecule has 0 bridgehead atoms. The number of allylic oxidation sites excluding steroid dienone is 8. The highest BCUT2D eigenvalue weighted by Gasteiger charge is 2.05. The predicted octanol–water partition coefficient (Wildman–Crippen LogP) is 8.18. The summed E-state index contributed by atoms with van der Waals surface area (Å²) in [6.07, 6.45) is 14.3. The summed E-state index contributed by atoms with van der Waals surface area (Å²) in [6.45, 7) is 18.1. The molecule has 0 radical (unpaired) electrons. The van der Waals surface area contributed by atoms with Crippen LogP contribution in [-0.2, 0) is 0 Å². The van der Waals surface area contributed by atoms with E-state index >= 15 is 0 Å². The molecule has 0 aliphatic heterocycles. The van der Waals surface area contributed by atoms with Crippen LogP contribution < -0.4 is 0 Å². The second-order valence-corrected chi connectivity index (χ2v) is 7.41. The maximum Gasteiger partial charge on any atom is -0.0197 e. The molecular formula is C23H40. The van der Waals surface area contributed by atoms with E-state index in [9.17, 15) is 0 Å². The summed E-state index contributed by atoms with van der Waals surface area (Å²) in [5, 5.41) is 0. The summed E-state index contributed by atoms with van der Waals surface area (Å²) >= 11 is 0. The summed E-state index contributed by atoms with van der Waals surface area (Å²) in [5.41, 5.74) is 7.62. The SMILES string of the molecule is CCC(C)=C(C)C(C)CC=C(C)CCC=C(C)CCC=C(C)C. The van der Waals surface area contributed by atoms with Crippen LogP contribution in [0.1, 0.15) is 93.9 Å². The molecule has 132 valence electrons. The van der Waals surface area contributed by atoms with Gasteiger partial charge in [-0.25, -0.2) is 0 Å². The molecule has 23 heavy (non-hydrogen) atoms. The summed E-state index contributed by atoms with van der Waals surface area (Å²) in [5.74, 6) is 0.672. The smallest absolute Gasteiger partial charge is 0.0197 e. The molecule has 0 aromatic rings. The van der Waals surface area contributed by atoms with E-state index in [2.05, 4.69) is 73.6 Å². The van der Waals surface area contributed by atoms with Crippen molar-refractivity contribution in [2.24, 2.45) is 5.92 Å². The molecule has 1 atom stereocenters. The van der Waals surface area contributed by atoms with E-state index in [1.165, 1.54) is 55.2 Å². The third-order valence-corrected chi connectivity index (χ3v) is 4.89. The van der Waals surface area contributed by atoms with Gasteiger partial charge in [-0.3, -0.25) is 0 Å². The molecule has 0 N–H and O–H groups in total. The second-order valence-electron chi connectivity index (χ2n) is 7.41. The molecule has 0 fully saturated rings. The van der Waals surface area contributed by atoms with Crippen LogP contribution in [-0.4, -0.2) is 0 Å². The minimum absolute atomic E-state index is 0.672. The molecule has 0 aromatic carbocycles. The van der Waals surface area contributed by atoms with E-state index in [0.29, 0.717) is 5.92 Å². The van der Waals surface area contributed by atoms with Gasteiger partial charge < -0.3 is 0 Å². The largest absolute Gasteiger partial charge is 0.0856 e. The van der Waals surface area contributed by atoms with E-state index in [0.717, 1.165) is 0 Å². The highest BCUT2D eigenvalue weighted by molar-refractivity contribution is 5.14. The van der Waals surface area contributed by atoms with Crippen molar-refractivity contribution in [1.29, 1.82) is 0 Å². The molecule has 0 aliphatic rings. The zero-order valence-corrected chi connectivity index (χ0v) is 17.1. The van der Waals surface area contributed by atoms with E-state index in [1.54, 1.807) is 11.1 Å². The van der Waals surface area contributed by atoms with Gasteiger partial charge in [0.05, 0.1) is 0 Å². The van der Waals surface area contributed by atoms with Gasteiger partial charge in [0.15, 0.2) is 0 Å². The maximum atomic E-state index is 2.45. The van der Waals surface area contributed by atoms with Gasteiger partial charge >= 0.3 is 0 Å². The quantitative estimate of drug-likeness (QED) is 0.356. The Morgan fingerprint density at radius 2 is 1.30 bits per heavy atom. The molecular weight excluding hydrogens is 276 g/mol. The Kier molecular flexibility index (Phi) is 11.8.